The van der Waals surface area contributed by atoms with Gasteiger partial charge in [0.25, 0.3) is 0 Å². The van der Waals surface area contributed by atoms with Gasteiger partial charge in [0.15, 0.2) is 0 Å². The second kappa shape index (κ2) is 10.9. The molecule has 1 aromatic carbocycles. The third-order valence-electron chi connectivity index (χ3n) is 6.52. The number of benzene rings is 1. The minimum Gasteiger partial charge on any atom is -0.507 e. The lowest BCUT2D eigenvalue weighted by atomic mass is 9.79. The highest BCUT2D eigenvalue weighted by Crippen LogP contribution is 2.38. The molecule has 4 heteroatoms. The molecular weight excluding hydrogens is 430 g/mol. The van der Waals surface area contributed by atoms with Gasteiger partial charge >= 0.3 is 0 Å². The minimum absolute atomic E-state index is 0.00422. The molecule has 1 N–H and O–H groups in total. The number of pyridine rings is 2. The van der Waals surface area contributed by atoms with E-state index in [1.807, 2.05) is 26.0 Å². The van der Waals surface area contributed by atoms with Crippen LogP contribution in [0.1, 0.15) is 81.0 Å². The van der Waals surface area contributed by atoms with Gasteiger partial charge < -0.3 is 5.11 Å². The van der Waals surface area contributed by atoms with Crippen molar-refractivity contribution < 1.29 is 5.11 Å². The molecular formula is C31H43N3O. The van der Waals surface area contributed by atoms with Crippen LogP contribution < -0.4 is 0 Å². The van der Waals surface area contributed by atoms with Crippen LogP contribution in [0, 0.1) is 13.8 Å². The Morgan fingerprint density at radius 3 is 1.69 bits per heavy atom. The molecule has 0 saturated heterocycles. The highest BCUT2D eigenvalue weighted by molar-refractivity contribution is 5.48. The predicted molar refractivity (Wildman–Crippen MR) is 146 cm³/mol. The fourth-order valence-electron chi connectivity index (χ4n) is 4.35. The van der Waals surface area contributed by atoms with Gasteiger partial charge in [-0.2, -0.15) is 0 Å². The molecule has 0 bridgehead atoms. The van der Waals surface area contributed by atoms with Gasteiger partial charge in [-0.3, -0.25) is 14.9 Å². The molecule has 2 aromatic heterocycles. The van der Waals surface area contributed by atoms with Crippen LogP contribution in [0.3, 0.4) is 0 Å². The molecule has 3 rings (SSSR count). The van der Waals surface area contributed by atoms with Crippen LogP contribution in [0.25, 0.3) is 0 Å². The summed E-state index contributed by atoms with van der Waals surface area (Å²) in [4.78, 5) is 11.8. The van der Waals surface area contributed by atoms with Crippen LogP contribution in [-0.4, -0.2) is 33.1 Å². The summed E-state index contributed by atoms with van der Waals surface area (Å²) in [6, 6.07) is 16.8. The first-order chi connectivity index (χ1) is 16.3. The largest absolute Gasteiger partial charge is 0.507 e. The number of aryl methyl sites for hydroxylation is 2. The summed E-state index contributed by atoms with van der Waals surface area (Å²) in [5.74, 6) is 0.429. The summed E-state index contributed by atoms with van der Waals surface area (Å²) in [6.45, 7) is 19.7. The van der Waals surface area contributed by atoms with Gasteiger partial charge in [0, 0.05) is 60.8 Å². The Morgan fingerprint density at radius 1 is 0.743 bits per heavy atom. The van der Waals surface area contributed by atoms with E-state index in [0.29, 0.717) is 12.3 Å². The molecule has 0 spiro atoms. The maximum atomic E-state index is 11.4. The Labute approximate surface area is 212 Å². The number of phenolic OH excluding ortho intramolecular Hbond substituents is 1. The first kappa shape index (κ1) is 26.9. The number of hydrogen-bond acceptors (Lipinski definition) is 4. The highest BCUT2D eigenvalue weighted by atomic mass is 16.3. The lowest BCUT2D eigenvalue weighted by Crippen LogP contribution is -2.29. The quantitative estimate of drug-likeness (QED) is 0.396. The average Bonchev–Trinajstić information content (AvgIpc) is 2.75. The molecule has 2 heterocycles. The molecule has 0 aliphatic rings. The molecule has 0 fully saturated rings. The van der Waals surface area contributed by atoms with E-state index in [4.69, 9.17) is 9.97 Å². The molecule has 0 saturated carbocycles. The van der Waals surface area contributed by atoms with Crippen LogP contribution in [0.15, 0.2) is 48.5 Å². The van der Waals surface area contributed by atoms with Crippen LogP contribution >= 0.6 is 0 Å². The van der Waals surface area contributed by atoms with E-state index in [1.165, 1.54) is 5.56 Å². The zero-order valence-electron chi connectivity index (χ0n) is 22.9. The van der Waals surface area contributed by atoms with Crippen molar-refractivity contribution in [3.05, 3.63) is 88.0 Å². The van der Waals surface area contributed by atoms with Gasteiger partial charge in [-0.05, 0) is 60.1 Å². The Bertz CT molecular complexity index is 1090. The lowest BCUT2D eigenvalue weighted by molar-refractivity contribution is 0.265. The normalized spacial score (nSPS) is 12.4. The summed E-state index contributed by atoms with van der Waals surface area (Å²) in [6.07, 6.45) is 1.74. The molecule has 0 unspecified atom stereocenters. The first-order valence-electron chi connectivity index (χ1n) is 12.8. The second-order valence-electron chi connectivity index (χ2n) is 11.8. The number of nitrogens with zero attached hydrogens (tertiary/aromatic N) is 3. The van der Waals surface area contributed by atoms with Crippen molar-refractivity contribution in [1.82, 2.24) is 14.9 Å². The zero-order chi connectivity index (χ0) is 25.8. The van der Waals surface area contributed by atoms with Gasteiger partial charge in [-0.15, -0.1) is 0 Å². The third kappa shape index (κ3) is 7.63. The molecule has 3 aromatic rings. The van der Waals surface area contributed by atoms with Crippen molar-refractivity contribution in [2.24, 2.45) is 0 Å². The number of phenols is 1. The monoisotopic (exact) mass is 473 g/mol. The van der Waals surface area contributed by atoms with Gasteiger partial charge in [0.1, 0.15) is 5.75 Å². The van der Waals surface area contributed by atoms with Gasteiger partial charge in [-0.1, -0.05) is 65.8 Å². The SMILES string of the molecule is Cc1cccc(CCN(CCc2cccc(C)n2)Cc2cc(C(C)(C)C)cc(C(C)(C)C)c2O)n1. The number of rotatable bonds is 8. The smallest absolute Gasteiger partial charge is 0.123 e. The summed E-state index contributed by atoms with van der Waals surface area (Å²) in [5, 5.41) is 11.4. The topological polar surface area (TPSA) is 49.2 Å². The summed E-state index contributed by atoms with van der Waals surface area (Å²) in [7, 11) is 0. The average molecular weight is 474 g/mol. The molecule has 0 radical (unpaired) electrons. The molecule has 0 atom stereocenters. The van der Waals surface area contributed by atoms with E-state index in [9.17, 15) is 5.11 Å². The minimum atomic E-state index is -0.137. The van der Waals surface area contributed by atoms with E-state index >= 15 is 0 Å². The van der Waals surface area contributed by atoms with Gasteiger partial charge in [0.2, 0.25) is 0 Å². The molecule has 188 valence electrons. The van der Waals surface area contributed by atoms with Crippen molar-refractivity contribution in [2.45, 2.75) is 85.6 Å². The number of hydrogen-bond donors (Lipinski definition) is 1. The number of aromatic hydroxyl groups is 1. The fraction of sp³-hybridized carbons (Fsp3) is 0.484. The van der Waals surface area contributed by atoms with E-state index in [-0.39, 0.29) is 10.8 Å². The fourth-order valence-corrected chi connectivity index (χ4v) is 4.35. The van der Waals surface area contributed by atoms with E-state index < -0.39 is 0 Å². The van der Waals surface area contributed by atoms with Crippen LogP contribution in [0.5, 0.6) is 5.75 Å². The van der Waals surface area contributed by atoms with Crippen molar-refractivity contribution >= 4 is 0 Å². The van der Waals surface area contributed by atoms with E-state index in [2.05, 4.69) is 82.8 Å². The Balaban J connectivity index is 1.91. The summed E-state index contributed by atoms with van der Waals surface area (Å²) >= 11 is 0. The molecule has 35 heavy (non-hydrogen) atoms. The standard InChI is InChI=1S/C31H43N3O/c1-22-11-9-13-26(32-22)15-17-34(18-16-27-14-10-12-23(2)33-27)21-24-19-25(30(3,4)5)20-28(29(24)35)31(6,7)8/h9-14,19-20,35H,15-18,21H2,1-8H3. The summed E-state index contributed by atoms with van der Waals surface area (Å²) in [5.41, 5.74) is 7.44. The Kier molecular flexibility index (Phi) is 8.38. The van der Waals surface area contributed by atoms with E-state index in [1.54, 1.807) is 0 Å². The van der Waals surface area contributed by atoms with E-state index in [0.717, 1.165) is 59.8 Å². The maximum absolute atomic E-state index is 11.4. The maximum Gasteiger partial charge on any atom is 0.123 e. The molecule has 0 aliphatic carbocycles. The second-order valence-corrected chi connectivity index (χ2v) is 11.8. The van der Waals surface area contributed by atoms with Crippen molar-refractivity contribution in [2.75, 3.05) is 13.1 Å². The molecule has 0 amide bonds. The van der Waals surface area contributed by atoms with Crippen LogP contribution in [0.4, 0.5) is 0 Å². The van der Waals surface area contributed by atoms with Crippen LogP contribution in [0.2, 0.25) is 0 Å². The van der Waals surface area contributed by atoms with Gasteiger partial charge in [-0.25, -0.2) is 0 Å². The van der Waals surface area contributed by atoms with Crippen LogP contribution in [-0.2, 0) is 30.2 Å². The predicted octanol–water partition coefficient (Wildman–Crippen LogP) is 6.68. The van der Waals surface area contributed by atoms with Crippen molar-refractivity contribution in [1.29, 1.82) is 0 Å². The van der Waals surface area contributed by atoms with Crippen molar-refractivity contribution in [3.63, 3.8) is 0 Å². The molecule has 4 nitrogen and oxygen atoms in total. The third-order valence-corrected chi connectivity index (χ3v) is 6.52. The lowest BCUT2D eigenvalue weighted by Gasteiger charge is -2.29. The van der Waals surface area contributed by atoms with Gasteiger partial charge in [0.05, 0.1) is 0 Å². The highest BCUT2D eigenvalue weighted by Gasteiger charge is 2.25. The first-order valence-corrected chi connectivity index (χ1v) is 12.8. The Morgan fingerprint density at radius 2 is 1.26 bits per heavy atom. The summed E-state index contributed by atoms with van der Waals surface area (Å²) < 4.78 is 0. The van der Waals surface area contributed by atoms with Crippen molar-refractivity contribution in [3.8, 4) is 5.75 Å². The zero-order valence-corrected chi connectivity index (χ0v) is 22.9. The molecule has 0 aliphatic heterocycles. The number of aromatic nitrogens is 2. The Hall–Kier alpha value is -2.72.